The molecule has 1 atom stereocenters. The maximum atomic E-state index is 12.0. The molecule has 3 saturated heterocycles. The van der Waals surface area contributed by atoms with Crippen LogP contribution in [0.5, 0.6) is 0 Å². The monoisotopic (exact) mass is 652 g/mol. The smallest absolute Gasteiger partial charge is 0.212 e. The van der Waals surface area contributed by atoms with Crippen LogP contribution < -0.4 is 0 Å². The summed E-state index contributed by atoms with van der Waals surface area (Å²) in [6.07, 6.45) is 12.6. The molecular weight excluding hydrogens is 604 g/mol. The molecule has 3 aliphatic heterocycles. The lowest BCUT2D eigenvalue weighted by Crippen LogP contribution is -2.36. The average molecular weight is 653 g/mol. The number of allylic oxidation sites excluding steroid dienone is 3. The Balaban J connectivity index is 0.941. The van der Waals surface area contributed by atoms with E-state index in [1.807, 2.05) is 72.9 Å². The predicted molar refractivity (Wildman–Crippen MR) is 189 cm³/mol. The molecule has 10 nitrogen and oxygen atoms in total. The highest BCUT2D eigenvalue weighted by Gasteiger charge is 2.25. The zero-order chi connectivity index (χ0) is 33.3. The van der Waals surface area contributed by atoms with E-state index in [0.29, 0.717) is 24.3 Å². The molecule has 48 heavy (non-hydrogen) atoms. The zero-order valence-electron chi connectivity index (χ0n) is 28.3. The van der Waals surface area contributed by atoms with Gasteiger partial charge < -0.3 is 18.8 Å². The number of ether oxygens (including phenoxy) is 3. The molecule has 0 radical (unpaired) electrons. The molecular formula is C38H48N6O4. The number of aliphatic imine (C=N–C) groups is 1. The standard InChI is InChI=1S/C38H48N6O4/c1-28(45)33-12-13-35-36(20-33)44(23-34-16-19-47-34)37(41-35)24-43-17-14-29(15-18-43)6-4-5-7-38(39-2)48-27-31-10-8-30(9-11-31)21-40-42(3)22-32-25-46-26-32/h4-5,7-13,20-21,29,32,34H,2,6,14-19,22-27H2,1,3H3/b5-4-,38-7+,40-21-. The average Bonchev–Trinajstić information content (AvgIpc) is 3.40. The lowest BCUT2D eigenvalue weighted by Gasteiger charge is -2.32. The summed E-state index contributed by atoms with van der Waals surface area (Å²) >= 11 is 0. The summed E-state index contributed by atoms with van der Waals surface area (Å²) in [5.74, 6) is 2.86. The number of likely N-dealkylation sites (tertiary alicyclic amines) is 1. The van der Waals surface area contributed by atoms with Crippen LogP contribution in [0.3, 0.4) is 0 Å². The Kier molecular flexibility index (Phi) is 11.5. The number of hydrogen-bond donors (Lipinski definition) is 0. The molecule has 3 aromatic rings. The van der Waals surface area contributed by atoms with Crippen LogP contribution >= 0.6 is 0 Å². The van der Waals surface area contributed by atoms with E-state index >= 15 is 0 Å². The Morgan fingerprint density at radius 1 is 1.12 bits per heavy atom. The Hall–Kier alpha value is -4.12. The predicted octanol–water partition coefficient (Wildman–Crippen LogP) is 5.86. The quantitative estimate of drug-likeness (QED) is 0.0630. The number of carbonyl (C=O) groups is 1. The molecule has 0 amide bonds. The van der Waals surface area contributed by atoms with Crippen molar-refractivity contribution in [1.82, 2.24) is 19.5 Å². The molecule has 0 spiro atoms. The number of piperidine rings is 1. The fraction of sp³-hybridized carbons (Fsp3) is 0.474. The van der Waals surface area contributed by atoms with Gasteiger partial charge in [0.25, 0.3) is 0 Å². The SMILES string of the molecule is C=N/C(=C\C=C/CC1CCN(Cc2nc3ccc(C(C)=O)cc3n2CC2CCO2)CC1)OCc1ccc(/C=N\N(C)CC2COC2)cc1. The highest BCUT2D eigenvalue weighted by atomic mass is 16.5. The van der Waals surface area contributed by atoms with Crippen molar-refractivity contribution in [2.24, 2.45) is 21.9 Å². The summed E-state index contributed by atoms with van der Waals surface area (Å²) in [4.78, 5) is 23.6. The Morgan fingerprint density at radius 2 is 1.92 bits per heavy atom. The van der Waals surface area contributed by atoms with Gasteiger partial charge in [-0.2, -0.15) is 5.10 Å². The largest absolute Gasteiger partial charge is 0.473 e. The van der Waals surface area contributed by atoms with E-state index in [4.69, 9.17) is 19.2 Å². The molecule has 4 heterocycles. The first-order valence-electron chi connectivity index (χ1n) is 17.2. The lowest BCUT2D eigenvalue weighted by atomic mass is 9.93. The van der Waals surface area contributed by atoms with E-state index in [-0.39, 0.29) is 11.9 Å². The molecule has 0 aliphatic carbocycles. The number of nitrogens with zero attached hydrogens (tertiary/aromatic N) is 6. The lowest BCUT2D eigenvalue weighted by molar-refractivity contribution is -0.0592. The van der Waals surface area contributed by atoms with Gasteiger partial charge in [0.2, 0.25) is 5.88 Å². The number of rotatable bonds is 16. The summed E-state index contributed by atoms with van der Waals surface area (Å²) in [5.41, 5.74) is 4.80. The van der Waals surface area contributed by atoms with Crippen LogP contribution in [-0.2, 0) is 33.9 Å². The number of imidazole rings is 1. The summed E-state index contributed by atoms with van der Waals surface area (Å²) in [5, 5.41) is 6.49. The number of hydrogen-bond acceptors (Lipinski definition) is 9. The second-order valence-corrected chi connectivity index (χ2v) is 13.2. The molecule has 0 N–H and O–H groups in total. The van der Waals surface area contributed by atoms with Crippen molar-refractivity contribution < 1.29 is 19.0 Å². The first kappa shape index (κ1) is 33.8. The Bertz CT molecular complexity index is 1630. The van der Waals surface area contributed by atoms with Crippen LogP contribution in [0.15, 0.2) is 76.7 Å². The van der Waals surface area contributed by atoms with Gasteiger partial charge in [0.15, 0.2) is 5.78 Å². The van der Waals surface area contributed by atoms with E-state index in [1.165, 1.54) is 0 Å². The highest BCUT2D eigenvalue weighted by Crippen LogP contribution is 2.26. The van der Waals surface area contributed by atoms with E-state index in [9.17, 15) is 4.79 Å². The van der Waals surface area contributed by atoms with Crippen molar-refractivity contribution in [3.63, 3.8) is 0 Å². The number of ketones is 1. The van der Waals surface area contributed by atoms with Crippen molar-refractivity contribution >= 4 is 29.7 Å². The third-order valence-corrected chi connectivity index (χ3v) is 9.49. The summed E-state index contributed by atoms with van der Waals surface area (Å²) in [6.45, 7) is 12.8. The molecule has 2 aromatic carbocycles. The second kappa shape index (κ2) is 16.3. The van der Waals surface area contributed by atoms with Gasteiger partial charge in [0.05, 0.1) is 49.7 Å². The molecule has 3 fully saturated rings. The molecule has 6 rings (SSSR count). The minimum Gasteiger partial charge on any atom is -0.473 e. The van der Waals surface area contributed by atoms with Crippen molar-refractivity contribution in [2.45, 2.75) is 58.4 Å². The molecule has 0 bridgehead atoms. The second-order valence-electron chi connectivity index (χ2n) is 13.2. The molecule has 10 heteroatoms. The van der Waals surface area contributed by atoms with Crippen LogP contribution in [0, 0.1) is 11.8 Å². The topological polar surface area (TPSA) is 93.8 Å². The van der Waals surface area contributed by atoms with Crippen LogP contribution in [0.2, 0.25) is 0 Å². The minimum atomic E-state index is 0.0738. The van der Waals surface area contributed by atoms with Crippen LogP contribution in [0.25, 0.3) is 11.0 Å². The molecule has 1 unspecified atom stereocenters. The van der Waals surface area contributed by atoms with Gasteiger partial charge in [-0.15, -0.1) is 0 Å². The molecule has 3 aliphatic rings. The summed E-state index contributed by atoms with van der Waals surface area (Å²) in [7, 11) is 1.99. The number of benzene rings is 2. The van der Waals surface area contributed by atoms with Gasteiger partial charge in [-0.3, -0.25) is 14.7 Å². The van der Waals surface area contributed by atoms with E-state index in [0.717, 1.165) is 112 Å². The number of hydrazone groups is 1. The van der Waals surface area contributed by atoms with Crippen molar-refractivity contribution in [3.05, 3.63) is 89.1 Å². The zero-order valence-corrected chi connectivity index (χ0v) is 28.3. The van der Waals surface area contributed by atoms with E-state index < -0.39 is 0 Å². The number of carbonyl (C=O) groups excluding carboxylic acids is 1. The molecule has 1 aromatic heterocycles. The third-order valence-electron chi connectivity index (χ3n) is 9.49. The van der Waals surface area contributed by atoms with Gasteiger partial charge in [-0.25, -0.2) is 9.98 Å². The normalized spacial score (nSPS) is 19.5. The van der Waals surface area contributed by atoms with Gasteiger partial charge in [-0.1, -0.05) is 36.4 Å². The maximum absolute atomic E-state index is 12.0. The fourth-order valence-electron chi connectivity index (χ4n) is 6.33. The molecule has 0 saturated carbocycles. The van der Waals surface area contributed by atoms with Gasteiger partial charge >= 0.3 is 0 Å². The summed E-state index contributed by atoms with van der Waals surface area (Å²) < 4.78 is 19.2. The van der Waals surface area contributed by atoms with Crippen molar-refractivity contribution in [2.75, 3.05) is 46.5 Å². The third kappa shape index (κ3) is 9.06. The number of fused-ring (bicyclic) bond motifs is 1. The van der Waals surface area contributed by atoms with Gasteiger partial charge in [0.1, 0.15) is 12.4 Å². The van der Waals surface area contributed by atoms with Gasteiger partial charge in [0, 0.05) is 31.7 Å². The number of Topliss-reactive ketones (excluding diaryl/α,β-unsaturated/α-hetero) is 1. The highest BCUT2D eigenvalue weighted by molar-refractivity contribution is 5.97. The Morgan fingerprint density at radius 3 is 2.58 bits per heavy atom. The van der Waals surface area contributed by atoms with E-state index in [1.54, 1.807) is 6.92 Å². The minimum absolute atomic E-state index is 0.0738. The van der Waals surface area contributed by atoms with Crippen LogP contribution in [-0.4, -0.2) is 90.8 Å². The van der Waals surface area contributed by atoms with Crippen molar-refractivity contribution in [3.8, 4) is 0 Å². The van der Waals surface area contributed by atoms with Crippen LogP contribution in [0.1, 0.15) is 59.9 Å². The van der Waals surface area contributed by atoms with Crippen LogP contribution in [0.4, 0.5) is 0 Å². The first-order valence-corrected chi connectivity index (χ1v) is 17.2. The summed E-state index contributed by atoms with van der Waals surface area (Å²) in [6, 6.07) is 14.0. The van der Waals surface area contributed by atoms with Gasteiger partial charge in [-0.05, 0) is 93.7 Å². The Labute approximate surface area is 283 Å². The van der Waals surface area contributed by atoms with Crippen molar-refractivity contribution in [1.29, 1.82) is 0 Å². The van der Waals surface area contributed by atoms with E-state index in [2.05, 4.69) is 32.4 Å². The molecule has 254 valence electrons. The fourth-order valence-corrected chi connectivity index (χ4v) is 6.33. The maximum Gasteiger partial charge on any atom is 0.212 e. The first-order chi connectivity index (χ1) is 23.4. The number of aromatic nitrogens is 2.